The van der Waals surface area contributed by atoms with Gasteiger partial charge in [-0.05, 0) is 36.8 Å². The van der Waals surface area contributed by atoms with Crippen LogP contribution in [-0.4, -0.2) is 33.1 Å². The van der Waals surface area contributed by atoms with Crippen LogP contribution in [0.2, 0.25) is 5.02 Å². The summed E-state index contributed by atoms with van der Waals surface area (Å²) in [5.74, 6) is 1.08. The zero-order valence-electron chi connectivity index (χ0n) is 15.0. The van der Waals surface area contributed by atoms with E-state index in [1.807, 2.05) is 37.3 Å². The van der Waals surface area contributed by atoms with Gasteiger partial charge in [0.2, 0.25) is 0 Å². The molecule has 1 heterocycles. The summed E-state index contributed by atoms with van der Waals surface area (Å²) in [7, 11) is 0. The summed E-state index contributed by atoms with van der Waals surface area (Å²) in [6.45, 7) is 2.76. The normalized spacial score (nSPS) is 12.3. The Bertz CT molecular complexity index is 963. The number of aromatic nitrogens is 2. The van der Waals surface area contributed by atoms with Gasteiger partial charge in [0.1, 0.15) is 12.4 Å². The molecule has 0 amide bonds. The van der Waals surface area contributed by atoms with Crippen molar-refractivity contribution in [3.63, 3.8) is 0 Å². The fourth-order valence-electron chi connectivity index (χ4n) is 2.63. The van der Waals surface area contributed by atoms with Crippen molar-refractivity contribution in [3.05, 3.63) is 63.9 Å². The molecule has 5 nitrogen and oxygen atoms in total. The number of hydrogen-bond donors (Lipinski definition) is 1. The van der Waals surface area contributed by atoms with Gasteiger partial charge in [0.05, 0.1) is 17.0 Å². The van der Waals surface area contributed by atoms with Crippen molar-refractivity contribution in [1.29, 1.82) is 0 Å². The standard InChI is InChI=1S/C20H21ClN2O3S/c1-2-10-23-19(25)17-9-8-14(21)11-18(17)22-20(23)27-13-15(24)12-26-16-6-4-3-5-7-16/h3-9,11,15,24H,2,10,12-13H2,1H3/t15-/m1/s1. The summed E-state index contributed by atoms with van der Waals surface area (Å²) in [4.78, 5) is 17.4. The Balaban J connectivity index is 1.74. The molecule has 3 aromatic rings. The molecule has 0 aliphatic carbocycles. The molecule has 1 N–H and O–H groups in total. The lowest BCUT2D eigenvalue weighted by Crippen LogP contribution is -2.25. The molecule has 0 saturated heterocycles. The minimum absolute atomic E-state index is 0.0870. The van der Waals surface area contributed by atoms with Gasteiger partial charge in [-0.1, -0.05) is 48.5 Å². The van der Waals surface area contributed by atoms with E-state index in [0.29, 0.717) is 39.1 Å². The van der Waals surface area contributed by atoms with Crippen molar-refractivity contribution in [2.24, 2.45) is 0 Å². The number of thioether (sulfide) groups is 1. The molecule has 0 radical (unpaired) electrons. The molecule has 0 aliphatic heterocycles. The van der Waals surface area contributed by atoms with E-state index in [2.05, 4.69) is 4.98 Å². The van der Waals surface area contributed by atoms with Gasteiger partial charge in [0.25, 0.3) is 5.56 Å². The molecule has 27 heavy (non-hydrogen) atoms. The van der Waals surface area contributed by atoms with E-state index in [4.69, 9.17) is 16.3 Å². The number of para-hydroxylation sites is 1. The van der Waals surface area contributed by atoms with Crippen molar-refractivity contribution in [2.45, 2.75) is 31.1 Å². The van der Waals surface area contributed by atoms with E-state index in [9.17, 15) is 9.90 Å². The molecule has 1 atom stereocenters. The number of rotatable bonds is 8. The third kappa shape index (κ3) is 5.03. The van der Waals surface area contributed by atoms with Crippen LogP contribution in [0.5, 0.6) is 5.75 Å². The molecule has 142 valence electrons. The smallest absolute Gasteiger partial charge is 0.262 e. The van der Waals surface area contributed by atoms with Crippen LogP contribution in [0.25, 0.3) is 10.9 Å². The first-order valence-corrected chi connectivity index (χ1v) is 10.1. The van der Waals surface area contributed by atoms with Crippen LogP contribution >= 0.6 is 23.4 Å². The Morgan fingerprint density at radius 1 is 1.26 bits per heavy atom. The van der Waals surface area contributed by atoms with Crippen LogP contribution in [0.3, 0.4) is 0 Å². The summed E-state index contributed by atoms with van der Waals surface area (Å²) in [5, 5.41) is 11.9. The maximum atomic E-state index is 12.8. The summed E-state index contributed by atoms with van der Waals surface area (Å²) in [5.41, 5.74) is 0.480. The highest BCUT2D eigenvalue weighted by molar-refractivity contribution is 7.99. The molecule has 0 unspecified atom stereocenters. The van der Waals surface area contributed by atoms with Crippen LogP contribution in [0, 0.1) is 0 Å². The van der Waals surface area contributed by atoms with Crippen LogP contribution in [0.1, 0.15) is 13.3 Å². The lowest BCUT2D eigenvalue weighted by atomic mass is 10.2. The number of halogens is 1. The number of benzene rings is 2. The van der Waals surface area contributed by atoms with E-state index in [1.165, 1.54) is 11.8 Å². The Morgan fingerprint density at radius 3 is 2.78 bits per heavy atom. The molecule has 0 fully saturated rings. The van der Waals surface area contributed by atoms with Crippen molar-refractivity contribution in [2.75, 3.05) is 12.4 Å². The largest absolute Gasteiger partial charge is 0.491 e. The topological polar surface area (TPSA) is 64.3 Å². The Labute approximate surface area is 167 Å². The molecule has 3 rings (SSSR count). The summed E-state index contributed by atoms with van der Waals surface area (Å²) in [6.07, 6.45) is 0.130. The first-order chi connectivity index (χ1) is 13.1. The first-order valence-electron chi connectivity index (χ1n) is 8.77. The zero-order chi connectivity index (χ0) is 19.2. The summed E-state index contributed by atoms with van der Waals surface area (Å²) >= 11 is 7.38. The molecule has 2 aromatic carbocycles. The SMILES string of the molecule is CCCn1c(SC[C@H](O)COc2ccccc2)nc2cc(Cl)ccc2c1=O. The molecule has 1 aromatic heterocycles. The van der Waals surface area contributed by atoms with Crippen LogP contribution < -0.4 is 10.3 Å². The van der Waals surface area contributed by atoms with Crippen molar-refractivity contribution >= 4 is 34.3 Å². The molecular weight excluding hydrogens is 384 g/mol. The summed E-state index contributed by atoms with van der Waals surface area (Å²) < 4.78 is 7.23. The zero-order valence-corrected chi connectivity index (χ0v) is 16.5. The fraction of sp³-hybridized carbons (Fsp3) is 0.300. The Kier molecular flexibility index (Phi) is 6.77. The molecule has 7 heteroatoms. The fourth-order valence-corrected chi connectivity index (χ4v) is 3.73. The second-order valence-electron chi connectivity index (χ2n) is 6.10. The summed E-state index contributed by atoms with van der Waals surface area (Å²) in [6, 6.07) is 14.4. The van der Waals surface area contributed by atoms with Crippen molar-refractivity contribution in [3.8, 4) is 5.75 Å². The van der Waals surface area contributed by atoms with Crippen molar-refractivity contribution < 1.29 is 9.84 Å². The Hall–Kier alpha value is -2.02. The van der Waals surface area contributed by atoms with E-state index >= 15 is 0 Å². The lowest BCUT2D eigenvalue weighted by molar-refractivity contribution is 0.126. The van der Waals surface area contributed by atoms with E-state index < -0.39 is 6.10 Å². The molecule has 0 bridgehead atoms. The van der Waals surface area contributed by atoms with Gasteiger partial charge < -0.3 is 9.84 Å². The lowest BCUT2D eigenvalue weighted by Gasteiger charge is -2.15. The molecular formula is C20H21ClN2O3S. The number of aliphatic hydroxyl groups is 1. The number of fused-ring (bicyclic) bond motifs is 1. The minimum Gasteiger partial charge on any atom is -0.491 e. The monoisotopic (exact) mass is 404 g/mol. The highest BCUT2D eigenvalue weighted by Crippen LogP contribution is 2.21. The van der Waals surface area contributed by atoms with Crippen LogP contribution in [-0.2, 0) is 6.54 Å². The molecule has 0 spiro atoms. The van der Waals surface area contributed by atoms with Gasteiger partial charge in [0, 0.05) is 17.3 Å². The molecule has 0 saturated carbocycles. The minimum atomic E-state index is -0.683. The number of nitrogens with zero attached hydrogens (tertiary/aromatic N) is 2. The average molecular weight is 405 g/mol. The van der Waals surface area contributed by atoms with Crippen LogP contribution in [0.4, 0.5) is 0 Å². The number of aliphatic hydroxyl groups excluding tert-OH is 1. The Morgan fingerprint density at radius 2 is 2.04 bits per heavy atom. The third-order valence-electron chi connectivity index (χ3n) is 3.92. The highest BCUT2D eigenvalue weighted by Gasteiger charge is 2.14. The highest BCUT2D eigenvalue weighted by atomic mass is 35.5. The predicted molar refractivity (Wildman–Crippen MR) is 110 cm³/mol. The van der Waals surface area contributed by atoms with Gasteiger partial charge in [-0.3, -0.25) is 9.36 Å². The van der Waals surface area contributed by atoms with Gasteiger partial charge in [0.15, 0.2) is 5.16 Å². The predicted octanol–water partition coefficient (Wildman–Crippen LogP) is 3.99. The maximum Gasteiger partial charge on any atom is 0.262 e. The second-order valence-corrected chi connectivity index (χ2v) is 7.53. The van der Waals surface area contributed by atoms with Gasteiger partial charge in [-0.15, -0.1) is 0 Å². The first kappa shape index (κ1) is 19.7. The van der Waals surface area contributed by atoms with Gasteiger partial charge >= 0.3 is 0 Å². The van der Waals surface area contributed by atoms with E-state index in [1.54, 1.807) is 22.8 Å². The molecule has 0 aliphatic rings. The van der Waals surface area contributed by atoms with E-state index in [-0.39, 0.29) is 12.2 Å². The third-order valence-corrected chi connectivity index (χ3v) is 5.28. The van der Waals surface area contributed by atoms with Crippen molar-refractivity contribution in [1.82, 2.24) is 9.55 Å². The van der Waals surface area contributed by atoms with Gasteiger partial charge in [-0.2, -0.15) is 0 Å². The van der Waals surface area contributed by atoms with Crippen LogP contribution in [0.15, 0.2) is 58.5 Å². The second kappa shape index (κ2) is 9.26. The van der Waals surface area contributed by atoms with Gasteiger partial charge in [-0.25, -0.2) is 4.98 Å². The average Bonchev–Trinajstić information content (AvgIpc) is 2.68. The van der Waals surface area contributed by atoms with E-state index in [0.717, 1.165) is 6.42 Å². The quantitative estimate of drug-likeness (QED) is 0.454. The maximum absolute atomic E-state index is 12.8. The number of ether oxygens (including phenoxy) is 1. The number of hydrogen-bond acceptors (Lipinski definition) is 5.